The average molecular weight is 317 g/mol. The van der Waals surface area contributed by atoms with E-state index in [0.29, 0.717) is 0 Å². The first-order chi connectivity index (χ1) is 11.8. The Morgan fingerprint density at radius 1 is 1.00 bits per heavy atom. The minimum Gasteiger partial charge on any atom is -0.506 e. The Kier molecular flexibility index (Phi) is 3.39. The number of pyridine rings is 2. The molecule has 0 aliphatic carbocycles. The summed E-state index contributed by atoms with van der Waals surface area (Å²) in [7, 11) is 1.66. The highest BCUT2D eigenvalue weighted by molar-refractivity contribution is 5.97. The van der Waals surface area contributed by atoms with Gasteiger partial charge in [-0.1, -0.05) is 18.2 Å². The van der Waals surface area contributed by atoms with E-state index in [1.807, 2.05) is 36.5 Å². The van der Waals surface area contributed by atoms with Crippen molar-refractivity contribution in [2.75, 3.05) is 7.11 Å². The van der Waals surface area contributed by atoms with Gasteiger partial charge in [-0.05, 0) is 18.2 Å². The molecular weight excluding hydrogens is 302 g/mol. The molecule has 4 rings (SSSR count). The molecule has 0 radical (unpaired) electrons. The average Bonchev–Trinajstić information content (AvgIpc) is 3.04. The van der Waals surface area contributed by atoms with Gasteiger partial charge in [0.25, 0.3) is 0 Å². The molecule has 0 bridgehead atoms. The monoisotopic (exact) mass is 317 g/mol. The van der Waals surface area contributed by atoms with Crippen molar-refractivity contribution >= 4 is 11.0 Å². The number of hydrogen-bond donors (Lipinski definition) is 2. The predicted octanol–water partition coefficient (Wildman–Crippen LogP) is 4.01. The van der Waals surface area contributed by atoms with Crippen molar-refractivity contribution in [2.24, 2.45) is 0 Å². The third kappa shape index (κ3) is 2.36. The SMILES string of the molecule is COc1ccccc1-c1c[nH]c2ncc(-c3cncc(O)c3)cc12. The van der Waals surface area contributed by atoms with Crippen LogP contribution in [0.15, 0.2) is 61.2 Å². The summed E-state index contributed by atoms with van der Waals surface area (Å²) in [4.78, 5) is 11.7. The minimum absolute atomic E-state index is 0.131. The zero-order chi connectivity index (χ0) is 16.5. The summed E-state index contributed by atoms with van der Waals surface area (Å²) in [6.45, 7) is 0. The van der Waals surface area contributed by atoms with Crippen LogP contribution in [-0.2, 0) is 0 Å². The van der Waals surface area contributed by atoms with Crippen LogP contribution in [0.25, 0.3) is 33.3 Å². The summed E-state index contributed by atoms with van der Waals surface area (Å²) in [5.74, 6) is 0.939. The Labute approximate surface area is 138 Å². The highest BCUT2D eigenvalue weighted by Crippen LogP contribution is 2.36. The molecular formula is C19H15N3O2. The van der Waals surface area contributed by atoms with E-state index < -0.39 is 0 Å². The van der Waals surface area contributed by atoms with E-state index in [1.165, 1.54) is 6.20 Å². The van der Waals surface area contributed by atoms with Gasteiger partial charge in [-0.15, -0.1) is 0 Å². The quantitative estimate of drug-likeness (QED) is 0.599. The Hall–Kier alpha value is -3.34. The lowest BCUT2D eigenvalue weighted by molar-refractivity contribution is 0.416. The summed E-state index contributed by atoms with van der Waals surface area (Å²) >= 11 is 0. The summed E-state index contributed by atoms with van der Waals surface area (Å²) < 4.78 is 5.47. The van der Waals surface area contributed by atoms with Gasteiger partial charge in [0.15, 0.2) is 0 Å². The largest absolute Gasteiger partial charge is 0.506 e. The molecule has 5 heteroatoms. The topological polar surface area (TPSA) is 71.0 Å². The molecule has 0 spiro atoms. The summed E-state index contributed by atoms with van der Waals surface area (Å²) in [6, 6.07) is 11.6. The van der Waals surface area contributed by atoms with E-state index in [9.17, 15) is 5.11 Å². The van der Waals surface area contributed by atoms with Crippen LogP contribution in [0.1, 0.15) is 0 Å². The van der Waals surface area contributed by atoms with Gasteiger partial charge in [0.2, 0.25) is 0 Å². The van der Waals surface area contributed by atoms with E-state index in [0.717, 1.165) is 39.0 Å². The fourth-order valence-electron chi connectivity index (χ4n) is 2.84. The molecule has 1 aromatic carbocycles. The molecule has 0 fully saturated rings. The standard InChI is InChI=1S/C19H15N3O2/c1-24-18-5-3-2-4-15(18)17-11-22-19-16(17)7-13(9-21-19)12-6-14(23)10-20-8-12/h2-11,23H,1H3,(H,21,22). The van der Waals surface area contributed by atoms with Crippen LogP contribution in [0.4, 0.5) is 0 Å². The second-order valence-corrected chi connectivity index (χ2v) is 5.45. The van der Waals surface area contributed by atoms with Crippen molar-refractivity contribution in [2.45, 2.75) is 0 Å². The van der Waals surface area contributed by atoms with Crippen molar-refractivity contribution in [3.8, 4) is 33.8 Å². The number of aromatic amines is 1. The number of fused-ring (bicyclic) bond motifs is 1. The van der Waals surface area contributed by atoms with Gasteiger partial charge < -0.3 is 14.8 Å². The zero-order valence-electron chi connectivity index (χ0n) is 13.0. The third-order valence-corrected chi connectivity index (χ3v) is 3.99. The molecule has 0 aliphatic heterocycles. The van der Waals surface area contributed by atoms with E-state index in [-0.39, 0.29) is 5.75 Å². The van der Waals surface area contributed by atoms with Crippen molar-refractivity contribution in [3.05, 3.63) is 61.2 Å². The number of benzene rings is 1. The van der Waals surface area contributed by atoms with Gasteiger partial charge in [-0.25, -0.2) is 4.98 Å². The number of H-pyrrole nitrogens is 1. The third-order valence-electron chi connectivity index (χ3n) is 3.99. The molecule has 5 nitrogen and oxygen atoms in total. The first kappa shape index (κ1) is 14.3. The number of nitrogens with zero attached hydrogens (tertiary/aromatic N) is 2. The molecule has 0 saturated heterocycles. The van der Waals surface area contributed by atoms with Crippen LogP contribution in [0.2, 0.25) is 0 Å². The predicted molar refractivity (Wildman–Crippen MR) is 93.0 cm³/mol. The molecule has 3 heterocycles. The highest BCUT2D eigenvalue weighted by Gasteiger charge is 2.12. The molecule has 0 amide bonds. The fourth-order valence-corrected chi connectivity index (χ4v) is 2.84. The van der Waals surface area contributed by atoms with Crippen molar-refractivity contribution < 1.29 is 9.84 Å². The second kappa shape index (κ2) is 5.70. The van der Waals surface area contributed by atoms with Gasteiger partial charge in [0.1, 0.15) is 17.1 Å². The van der Waals surface area contributed by atoms with Gasteiger partial charge in [0.05, 0.1) is 13.3 Å². The second-order valence-electron chi connectivity index (χ2n) is 5.45. The van der Waals surface area contributed by atoms with Crippen molar-refractivity contribution in [1.29, 1.82) is 0 Å². The van der Waals surface area contributed by atoms with E-state index in [1.54, 1.807) is 25.6 Å². The van der Waals surface area contributed by atoms with Gasteiger partial charge in [-0.2, -0.15) is 0 Å². The van der Waals surface area contributed by atoms with Crippen molar-refractivity contribution in [3.63, 3.8) is 0 Å². The maximum atomic E-state index is 9.64. The number of rotatable bonds is 3. The van der Waals surface area contributed by atoms with Crippen LogP contribution in [0.5, 0.6) is 11.5 Å². The lowest BCUT2D eigenvalue weighted by Crippen LogP contribution is -1.87. The normalized spacial score (nSPS) is 10.9. The highest BCUT2D eigenvalue weighted by atomic mass is 16.5. The molecule has 0 atom stereocenters. The van der Waals surface area contributed by atoms with Crippen LogP contribution in [0, 0.1) is 0 Å². The Bertz CT molecular complexity index is 1020. The number of nitrogens with one attached hydrogen (secondary N) is 1. The number of hydrogen-bond acceptors (Lipinski definition) is 4. The molecule has 0 saturated carbocycles. The van der Waals surface area contributed by atoms with E-state index in [4.69, 9.17) is 4.74 Å². The van der Waals surface area contributed by atoms with Gasteiger partial charge in [0, 0.05) is 46.2 Å². The van der Waals surface area contributed by atoms with Crippen molar-refractivity contribution in [1.82, 2.24) is 15.0 Å². The van der Waals surface area contributed by atoms with Gasteiger partial charge in [-0.3, -0.25) is 4.98 Å². The zero-order valence-corrected chi connectivity index (χ0v) is 13.0. The first-order valence-corrected chi connectivity index (χ1v) is 7.51. The Balaban J connectivity index is 1.91. The Morgan fingerprint density at radius 2 is 1.83 bits per heavy atom. The number of aromatic hydroxyl groups is 1. The summed E-state index contributed by atoms with van der Waals surface area (Å²) in [5, 5.41) is 10.6. The summed E-state index contributed by atoms with van der Waals surface area (Å²) in [6.07, 6.45) is 6.81. The molecule has 24 heavy (non-hydrogen) atoms. The number of para-hydroxylation sites is 1. The molecule has 0 aliphatic rings. The van der Waals surface area contributed by atoms with Crippen LogP contribution >= 0.6 is 0 Å². The van der Waals surface area contributed by atoms with Crippen LogP contribution < -0.4 is 4.74 Å². The van der Waals surface area contributed by atoms with Gasteiger partial charge >= 0.3 is 0 Å². The number of ether oxygens (including phenoxy) is 1. The molecule has 3 aromatic heterocycles. The molecule has 2 N–H and O–H groups in total. The maximum absolute atomic E-state index is 9.64. The number of aromatic nitrogens is 3. The molecule has 118 valence electrons. The van der Waals surface area contributed by atoms with E-state index >= 15 is 0 Å². The maximum Gasteiger partial charge on any atom is 0.137 e. The molecule has 0 unspecified atom stereocenters. The lowest BCUT2D eigenvalue weighted by Gasteiger charge is -2.07. The smallest absolute Gasteiger partial charge is 0.137 e. The Morgan fingerprint density at radius 3 is 2.67 bits per heavy atom. The number of methoxy groups -OCH3 is 1. The molecule has 4 aromatic rings. The summed E-state index contributed by atoms with van der Waals surface area (Å²) in [5.41, 5.74) is 4.52. The lowest BCUT2D eigenvalue weighted by atomic mass is 10.0. The van der Waals surface area contributed by atoms with E-state index in [2.05, 4.69) is 15.0 Å². The minimum atomic E-state index is 0.131. The first-order valence-electron chi connectivity index (χ1n) is 7.51. The van der Waals surface area contributed by atoms with Crippen LogP contribution in [-0.4, -0.2) is 27.2 Å². The van der Waals surface area contributed by atoms with Crippen LogP contribution in [0.3, 0.4) is 0 Å². The fraction of sp³-hybridized carbons (Fsp3) is 0.0526.